The summed E-state index contributed by atoms with van der Waals surface area (Å²) in [4.78, 5) is 6.31. The zero-order valence-corrected chi connectivity index (χ0v) is 5.13. The van der Waals surface area contributed by atoms with E-state index in [4.69, 9.17) is 16.8 Å². The molecule has 9 heavy (non-hydrogen) atoms. The Bertz CT molecular complexity index is 219. The molecule has 0 aromatic carbocycles. The molecule has 0 fully saturated rings. The van der Waals surface area contributed by atoms with Crippen molar-refractivity contribution in [2.75, 3.05) is 0 Å². The molecule has 0 aliphatic rings. The van der Waals surface area contributed by atoms with Crippen molar-refractivity contribution in [1.29, 1.82) is 0 Å². The van der Waals surface area contributed by atoms with Gasteiger partial charge in [-0.1, -0.05) is 16.8 Å². The number of halogens is 1. The third-order valence-electron chi connectivity index (χ3n) is 0.800. The average molecular weight is 146 g/mol. The highest BCUT2D eigenvalue weighted by atomic mass is 35.5. The second kappa shape index (κ2) is 2.50. The molecule has 1 rings (SSSR count). The number of nitrogens with zero attached hydrogens (tertiary/aromatic N) is 2. The SMILES string of the molecule is O/N=C/c1nc[nH]c1Cl. The first-order valence-electron chi connectivity index (χ1n) is 2.21. The lowest BCUT2D eigenvalue weighted by Crippen LogP contribution is -1.79. The summed E-state index contributed by atoms with van der Waals surface area (Å²) in [6, 6.07) is 0. The van der Waals surface area contributed by atoms with Gasteiger partial charge >= 0.3 is 0 Å². The average Bonchev–Trinajstić information content (AvgIpc) is 2.18. The third kappa shape index (κ3) is 1.20. The van der Waals surface area contributed by atoms with Gasteiger partial charge in [-0.15, -0.1) is 0 Å². The fourth-order valence-electron chi connectivity index (χ4n) is 0.434. The van der Waals surface area contributed by atoms with Crippen molar-refractivity contribution >= 4 is 17.8 Å². The summed E-state index contributed by atoms with van der Waals surface area (Å²) in [6.45, 7) is 0. The fraction of sp³-hybridized carbons (Fsp3) is 0. The summed E-state index contributed by atoms with van der Waals surface area (Å²) >= 11 is 5.50. The quantitative estimate of drug-likeness (QED) is 0.350. The van der Waals surface area contributed by atoms with Crippen molar-refractivity contribution in [2.24, 2.45) is 5.16 Å². The standard InChI is InChI=1S/C4H4ClN3O/c5-4-3(1-8-9)6-2-7-4/h1-2,9H,(H,6,7)/b8-1+. The Morgan fingerprint density at radius 3 is 3.11 bits per heavy atom. The van der Waals surface area contributed by atoms with E-state index < -0.39 is 0 Å². The molecule has 0 atom stereocenters. The molecule has 0 saturated carbocycles. The second-order valence-corrected chi connectivity index (χ2v) is 1.72. The maximum atomic E-state index is 8.02. The van der Waals surface area contributed by atoms with Crippen LogP contribution < -0.4 is 0 Å². The smallest absolute Gasteiger partial charge is 0.135 e. The number of aromatic nitrogens is 2. The summed E-state index contributed by atoms with van der Waals surface area (Å²) in [6.07, 6.45) is 2.57. The number of hydrogen-bond acceptors (Lipinski definition) is 3. The molecular weight excluding hydrogens is 142 g/mol. The van der Waals surface area contributed by atoms with Crippen LogP contribution in [0.15, 0.2) is 11.5 Å². The van der Waals surface area contributed by atoms with Crippen LogP contribution in [-0.2, 0) is 0 Å². The Hall–Kier alpha value is -1.03. The normalized spacial score (nSPS) is 10.8. The Labute approximate surface area is 56.2 Å². The second-order valence-electron chi connectivity index (χ2n) is 1.35. The van der Waals surface area contributed by atoms with Crippen molar-refractivity contribution in [3.63, 3.8) is 0 Å². The topological polar surface area (TPSA) is 61.3 Å². The lowest BCUT2D eigenvalue weighted by molar-refractivity contribution is 0.321. The van der Waals surface area contributed by atoms with E-state index in [0.29, 0.717) is 10.8 Å². The molecule has 0 spiro atoms. The number of rotatable bonds is 1. The molecule has 0 amide bonds. The maximum Gasteiger partial charge on any atom is 0.135 e. The Morgan fingerprint density at radius 2 is 2.67 bits per heavy atom. The van der Waals surface area contributed by atoms with Crippen LogP contribution in [0.5, 0.6) is 0 Å². The monoisotopic (exact) mass is 145 g/mol. The summed E-state index contributed by atoms with van der Waals surface area (Å²) < 4.78 is 0. The molecule has 1 aromatic rings. The zero-order chi connectivity index (χ0) is 6.69. The van der Waals surface area contributed by atoms with Gasteiger partial charge in [0.15, 0.2) is 0 Å². The van der Waals surface area contributed by atoms with Crippen LogP contribution in [0.4, 0.5) is 0 Å². The van der Waals surface area contributed by atoms with E-state index in [-0.39, 0.29) is 0 Å². The number of oxime groups is 1. The van der Waals surface area contributed by atoms with Gasteiger partial charge in [-0.2, -0.15) is 0 Å². The van der Waals surface area contributed by atoms with Crippen LogP contribution in [0.1, 0.15) is 5.69 Å². The molecule has 0 radical (unpaired) electrons. The molecule has 1 heterocycles. The molecule has 0 aliphatic carbocycles. The predicted molar refractivity (Wildman–Crippen MR) is 33.0 cm³/mol. The van der Waals surface area contributed by atoms with Crippen molar-refractivity contribution < 1.29 is 5.21 Å². The predicted octanol–water partition coefficient (Wildman–Crippen LogP) is 0.871. The molecule has 1 aromatic heterocycles. The van der Waals surface area contributed by atoms with E-state index in [9.17, 15) is 0 Å². The van der Waals surface area contributed by atoms with Gasteiger partial charge in [0, 0.05) is 0 Å². The van der Waals surface area contributed by atoms with Gasteiger partial charge in [0.05, 0.1) is 12.5 Å². The number of imidazole rings is 1. The van der Waals surface area contributed by atoms with Crippen molar-refractivity contribution in [1.82, 2.24) is 9.97 Å². The van der Waals surface area contributed by atoms with Gasteiger partial charge < -0.3 is 10.2 Å². The highest BCUT2D eigenvalue weighted by molar-refractivity contribution is 6.31. The number of nitrogens with one attached hydrogen (secondary N) is 1. The van der Waals surface area contributed by atoms with Gasteiger partial charge in [0.1, 0.15) is 10.8 Å². The van der Waals surface area contributed by atoms with Crippen molar-refractivity contribution in [2.45, 2.75) is 0 Å². The van der Waals surface area contributed by atoms with Crippen molar-refractivity contribution in [3.8, 4) is 0 Å². The van der Waals surface area contributed by atoms with Crippen LogP contribution in [0, 0.1) is 0 Å². The summed E-state index contributed by atoms with van der Waals surface area (Å²) in [7, 11) is 0. The molecule has 0 saturated heterocycles. The number of aromatic amines is 1. The Balaban J connectivity index is 2.94. The minimum absolute atomic E-state index is 0.368. The first-order chi connectivity index (χ1) is 4.34. The van der Waals surface area contributed by atoms with E-state index in [1.165, 1.54) is 6.33 Å². The zero-order valence-electron chi connectivity index (χ0n) is 4.37. The molecule has 5 heteroatoms. The van der Waals surface area contributed by atoms with Gasteiger partial charge in [0.2, 0.25) is 0 Å². The Kier molecular flexibility index (Phi) is 1.69. The first-order valence-corrected chi connectivity index (χ1v) is 2.58. The van der Waals surface area contributed by atoms with Crippen molar-refractivity contribution in [3.05, 3.63) is 17.2 Å². The molecule has 0 unspecified atom stereocenters. The molecule has 48 valence electrons. The van der Waals surface area contributed by atoms with Crippen LogP contribution in [0.25, 0.3) is 0 Å². The summed E-state index contributed by atoms with van der Waals surface area (Å²) in [5.41, 5.74) is 0.430. The summed E-state index contributed by atoms with van der Waals surface area (Å²) in [5.74, 6) is 0. The van der Waals surface area contributed by atoms with Gasteiger partial charge in [-0.25, -0.2) is 4.98 Å². The summed E-state index contributed by atoms with van der Waals surface area (Å²) in [5, 5.41) is 11.1. The number of H-pyrrole nitrogens is 1. The van der Waals surface area contributed by atoms with E-state index in [0.717, 1.165) is 6.21 Å². The molecule has 0 bridgehead atoms. The number of hydrogen-bond donors (Lipinski definition) is 2. The molecule has 0 aliphatic heterocycles. The van der Waals surface area contributed by atoms with E-state index in [2.05, 4.69) is 15.1 Å². The maximum absolute atomic E-state index is 8.02. The minimum Gasteiger partial charge on any atom is -0.411 e. The molecule has 4 nitrogen and oxygen atoms in total. The van der Waals surface area contributed by atoms with E-state index in [1.54, 1.807) is 0 Å². The fourth-order valence-corrected chi connectivity index (χ4v) is 0.580. The van der Waals surface area contributed by atoms with Crippen LogP contribution in [0.2, 0.25) is 5.15 Å². The first kappa shape index (κ1) is 6.10. The highest BCUT2D eigenvalue weighted by Gasteiger charge is 1.96. The van der Waals surface area contributed by atoms with Crippen LogP contribution >= 0.6 is 11.6 Å². The van der Waals surface area contributed by atoms with Gasteiger partial charge in [0.25, 0.3) is 0 Å². The highest BCUT2D eigenvalue weighted by Crippen LogP contribution is 2.05. The van der Waals surface area contributed by atoms with Crippen LogP contribution in [0.3, 0.4) is 0 Å². The molecular formula is C4H4ClN3O. The van der Waals surface area contributed by atoms with Gasteiger partial charge in [-0.05, 0) is 0 Å². The van der Waals surface area contributed by atoms with Crippen LogP contribution in [-0.4, -0.2) is 21.4 Å². The largest absolute Gasteiger partial charge is 0.411 e. The third-order valence-corrected chi connectivity index (χ3v) is 1.10. The Morgan fingerprint density at radius 1 is 1.89 bits per heavy atom. The molecule has 2 N–H and O–H groups in total. The van der Waals surface area contributed by atoms with E-state index in [1.807, 2.05) is 0 Å². The lowest BCUT2D eigenvalue weighted by Gasteiger charge is -1.79. The van der Waals surface area contributed by atoms with Gasteiger partial charge in [-0.3, -0.25) is 0 Å². The van der Waals surface area contributed by atoms with E-state index >= 15 is 0 Å². The lowest BCUT2D eigenvalue weighted by atomic mass is 10.5. The minimum atomic E-state index is 0.368.